The summed E-state index contributed by atoms with van der Waals surface area (Å²) in [6.07, 6.45) is 5.34. The van der Waals surface area contributed by atoms with E-state index in [0.29, 0.717) is 21.1 Å². The first kappa shape index (κ1) is 24.4. The molecule has 1 aromatic carbocycles. The minimum Gasteiger partial charge on any atom is -0.388 e. The SMILES string of the molecule is C=CC(=O)N[C@@H]1CCC[C@@H]1NC(=O)c1sc2nccc3c2c1NC(=O)N3c1ccccc1.COC. The van der Waals surface area contributed by atoms with E-state index in [1.54, 1.807) is 31.4 Å². The molecule has 0 saturated heterocycles. The molecule has 3 N–H and O–H groups in total. The van der Waals surface area contributed by atoms with Crippen LogP contribution in [-0.2, 0) is 9.53 Å². The van der Waals surface area contributed by atoms with E-state index < -0.39 is 0 Å². The van der Waals surface area contributed by atoms with Crippen LogP contribution in [0, 0.1) is 0 Å². The maximum Gasteiger partial charge on any atom is 0.331 e. The Bertz CT molecular complexity index is 1260. The Morgan fingerprint density at radius 1 is 1.17 bits per heavy atom. The smallest absolute Gasteiger partial charge is 0.331 e. The van der Waals surface area contributed by atoms with Crippen molar-refractivity contribution in [2.24, 2.45) is 0 Å². The lowest BCUT2D eigenvalue weighted by molar-refractivity contribution is -0.117. The van der Waals surface area contributed by atoms with Gasteiger partial charge in [-0.3, -0.25) is 14.5 Å². The normalized spacial score (nSPS) is 18.3. The summed E-state index contributed by atoms with van der Waals surface area (Å²) in [6, 6.07) is 10.5. The largest absolute Gasteiger partial charge is 0.388 e. The van der Waals surface area contributed by atoms with Gasteiger partial charge in [-0.25, -0.2) is 9.78 Å². The number of carbonyl (C=O) groups is 3. The van der Waals surface area contributed by atoms with Crippen LogP contribution in [0.15, 0.2) is 55.3 Å². The number of hydrogen-bond donors (Lipinski definition) is 3. The van der Waals surface area contributed by atoms with E-state index in [-0.39, 0.29) is 29.9 Å². The molecule has 0 radical (unpaired) electrons. The number of thiophene rings is 1. The third kappa shape index (κ3) is 4.89. The molecular formula is C25H27N5O4S. The number of carbonyl (C=O) groups excluding carboxylic acids is 3. The van der Waals surface area contributed by atoms with Gasteiger partial charge in [0.1, 0.15) is 9.71 Å². The van der Waals surface area contributed by atoms with Crippen molar-refractivity contribution in [2.75, 3.05) is 24.4 Å². The van der Waals surface area contributed by atoms with Gasteiger partial charge < -0.3 is 20.7 Å². The molecule has 10 heteroatoms. The van der Waals surface area contributed by atoms with Gasteiger partial charge in [-0.15, -0.1) is 11.3 Å². The number of nitrogens with one attached hydrogen (secondary N) is 3. The van der Waals surface area contributed by atoms with Crippen LogP contribution in [-0.4, -0.2) is 49.1 Å². The minimum atomic E-state index is -0.333. The first-order valence-corrected chi connectivity index (χ1v) is 12.0. The molecule has 9 nitrogen and oxygen atoms in total. The van der Waals surface area contributed by atoms with Crippen LogP contribution in [0.25, 0.3) is 10.2 Å². The molecule has 1 aliphatic carbocycles. The van der Waals surface area contributed by atoms with Crippen molar-refractivity contribution in [3.05, 3.63) is 60.1 Å². The highest BCUT2D eigenvalue weighted by atomic mass is 32.1. The topological polar surface area (TPSA) is 113 Å². The molecule has 0 bridgehead atoms. The number of urea groups is 1. The fraction of sp³-hybridized carbons (Fsp3) is 0.280. The van der Waals surface area contributed by atoms with Crippen LogP contribution in [0.4, 0.5) is 21.9 Å². The van der Waals surface area contributed by atoms with Crippen molar-refractivity contribution in [1.82, 2.24) is 15.6 Å². The van der Waals surface area contributed by atoms with E-state index in [9.17, 15) is 14.4 Å². The Balaban J connectivity index is 0.000000917. The summed E-state index contributed by atoms with van der Waals surface area (Å²) in [7, 11) is 3.25. The highest BCUT2D eigenvalue weighted by molar-refractivity contribution is 7.21. The molecule has 2 atom stereocenters. The van der Waals surface area contributed by atoms with E-state index in [4.69, 9.17) is 0 Å². The Morgan fingerprint density at radius 3 is 2.54 bits per heavy atom. The Labute approximate surface area is 207 Å². The van der Waals surface area contributed by atoms with Gasteiger partial charge >= 0.3 is 6.03 Å². The highest BCUT2D eigenvalue weighted by Crippen LogP contribution is 2.45. The van der Waals surface area contributed by atoms with Gasteiger partial charge in [-0.05, 0) is 43.5 Å². The molecule has 0 spiro atoms. The van der Waals surface area contributed by atoms with Crippen molar-refractivity contribution in [3.8, 4) is 0 Å². The number of rotatable bonds is 5. The van der Waals surface area contributed by atoms with Crippen molar-refractivity contribution in [1.29, 1.82) is 0 Å². The number of anilines is 3. The molecule has 0 unspecified atom stereocenters. The standard InChI is InChI=1S/C23H21N5O3S.C2H6O/c1-2-17(29)25-14-9-6-10-15(14)26-21(30)20-19-18-16(11-12-24-22(18)32-20)28(23(31)27-19)13-7-4-3-5-8-13;1-3-2/h2-5,7-8,11-12,14-15H,1,6,9-10H2,(H,25,29)(H,26,30)(H,27,31);1-2H3/t14-,15+;/m1./s1. The summed E-state index contributed by atoms with van der Waals surface area (Å²) in [4.78, 5) is 45.1. The maximum absolute atomic E-state index is 13.2. The average Bonchev–Trinajstić information content (AvgIpc) is 3.45. The molecular weight excluding hydrogens is 466 g/mol. The van der Waals surface area contributed by atoms with Crippen LogP contribution < -0.4 is 20.9 Å². The first-order chi connectivity index (χ1) is 17.0. The first-order valence-electron chi connectivity index (χ1n) is 11.2. The Kier molecular flexibility index (Phi) is 7.42. The lowest BCUT2D eigenvalue weighted by Crippen LogP contribution is -2.48. The van der Waals surface area contributed by atoms with Gasteiger partial charge in [0.2, 0.25) is 5.91 Å². The van der Waals surface area contributed by atoms with Gasteiger partial charge in [0.25, 0.3) is 5.91 Å². The summed E-state index contributed by atoms with van der Waals surface area (Å²) in [5, 5.41) is 9.56. The molecule has 2 aliphatic rings. The number of methoxy groups -OCH3 is 1. The molecule has 1 aliphatic heterocycles. The van der Waals surface area contributed by atoms with Crippen molar-refractivity contribution < 1.29 is 19.1 Å². The van der Waals surface area contributed by atoms with E-state index in [0.717, 1.165) is 30.3 Å². The second kappa shape index (κ2) is 10.7. The molecule has 2 aromatic heterocycles. The van der Waals surface area contributed by atoms with Crippen LogP contribution in [0.2, 0.25) is 0 Å². The predicted octanol–water partition coefficient (Wildman–Crippen LogP) is 4.20. The molecule has 1 fully saturated rings. The van der Waals surface area contributed by atoms with E-state index in [2.05, 4.69) is 32.3 Å². The zero-order valence-corrected chi connectivity index (χ0v) is 20.4. The molecule has 182 valence electrons. The fourth-order valence-corrected chi connectivity index (χ4v) is 5.38. The van der Waals surface area contributed by atoms with Crippen LogP contribution in [0.5, 0.6) is 0 Å². The predicted molar refractivity (Wildman–Crippen MR) is 137 cm³/mol. The number of nitrogens with zero attached hydrogens (tertiary/aromatic N) is 2. The molecule has 3 heterocycles. The number of ether oxygens (including phenoxy) is 1. The second-order valence-electron chi connectivity index (χ2n) is 8.16. The Hall–Kier alpha value is -3.76. The zero-order valence-electron chi connectivity index (χ0n) is 19.5. The number of pyridine rings is 1. The molecule has 5 rings (SSSR count). The van der Waals surface area contributed by atoms with Crippen LogP contribution in [0.1, 0.15) is 28.9 Å². The van der Waals surface area contributed by atoms with Gasteiger partial charge in [0.05, 0.1) is 22.4 Å². The number of aromatic nitrogens is 1. The van der Waals surface area contributed by atoms with Crippen LogP contribution in [0.3, 0.4) is 0 Å². The number of para-hydroxylation sites is 1. The maximum atomic E-state index is 13.2. The summed E-state index contributed by atoms with van der Waals surface area (Å²) in [6.45, 7) is 3.48. The zero-order chi connectivity index (χ0) is 24.9. The molecule has 3 aromatic rings. The van der Waals surface area contributed by atoms with Gasteiger partial charge in [0.15, 0.2) is 0 Å². The summed E-state index contributed by atoms with van der Waals surface area (Å²) in [5.41, 5.74) is 1.90. The van der Waals surface area contributed by atoms with E-state index >= 15 is 0 Å². The summed E-state index contributed by atoms with van der Waals surface area (Å²) >= 11 is 1.24. The molecule has 35 heavy (non-hydrogen) atoms. The van der Waals surface area contributed by atoms with E-state index in [1.165, 1.54) is 17.4 Å². The molecule has 4 amide bonds. The number of benzene rings is 1. The Morgan fingerprint density at radius 2 is 1.86 bits per heavy atom. The second-order valence-corrected chi connectivity index (χ2v) is 9.15. The highest BCUT2D eigenvalue weighted by Gasteiger charge is 2.35. The average molecular weight is 494 g/mol. The van der Waals surface area contributed by atoms with E-state index in [1.807, 2.05) is 30.3 Å². The van der Waals surface area contributed by atoms with Crippen molar-refractivity contribution in [3.63, 3.8) is 0 Å². The third-order valence-electron chi connectivity index (χ3n) is 5.81. The minimum absolute atomic E-state index is 0.146. The summed E-state index contributed by atoms with van der Waals surface area (Å²) < 4.78 is 4.25. The van der Waals surface area contributed by atoms with Gasteiger partial charge in [-0.1, -0.05) is 24.8 Å². The van der Waals surface area contributed by atoms with Crippen molar-refractivity contribution in [2.45, 2.75) is 31.3 Å². The van der Waals surface area contributed by atoms with Crippen LogP contribution >= 0.6 is 11.3 Å². The lowest BCUT2D eigenvalue weighted by Gasteiger charge is -2.28. The molecule has 1 saturated carbocycles. The van der Waals surface area contributed by atoms with Gasteiger partial charge in [0, 0.05) is 32.5 Å². The monoisotopic (exact) mass is 493 g/mol. The number of amides is 4. The fourth-order valence-electron chi connectivity index (χ4n) is 4.36. The lowest BCUT2D eigenvalue weighted by atomic mass is 10.1. The third-order valence-corrected chi connectivity index (χ3v) is 6.91. The quantitative estimate of drug-likeness (QED) is 0.461. The number of hydrogen-bond acceptors (Lipinski definition) is 6. The van der Waals surface area contributed by atoms with Crippen molar-refractivity contribution >= 4 is 56.5 Å². The summed E-state index contributed by atoms with van der Waals surface area (Å²) in [5.74, 6) is -0.539. The van der Waals surface area contributed by atoms with Gasteiger partial charge in [-0.2, -0.15) is 0 Å².